The van der Waals surface area contributed by atoms with Crippen LogP contribution in [0.25, 0.3) is 0 Å². The molecule has 1 fully saturated rings. The monoisotopic (exact) mass is 272 g/mol. The standard InChI is InChI=1S/C13H24N2O4/c1-10(2)15(7-3-6-12(16)17)13(18)14-9-11-5-4-8-19-11/h10-11H,3-9H2,1-2H3,(H,14,18)(H,16,17). The van der Waals surface area contributed by atoms with Crippen LogP contribution in [0.4, 0.5) is 4.79 Å². The van der Waals surface area contributed by atoms with E-state index < -0.39 is 5.97 Å². The summed E-state index contributed by atoms with van der Waals surface area (Å²) < 4.78 is 5.45. The molecule has 1 saturated heterocycles. The van der Waals surface area contributed by atoms with Crippen LogP contribution in [0.1, 0.15) is 39.5 Å². The second-order valence-electron chi connectivity index (χ2n) is 5.11. The van der Waals surface area contributed by atoms with Gasteiger partial charge < -0.3 is 20.1 Å². The molecular weight excluding hydrogens is 248 g/mol. The van der Waals surface area contributed by atoms with Crippen molar-refractivity contribution in [3.8, 4) is 0 Å². The van der Waals surface area contributed by atoms with E-state index in [-0.39, 0.29) is 24.6 Å². The number of nitrogens with one attached hydrogen (secondary N) is 1. The van der Waals surface area contributed by atoms with Gasteiger partial charge in [-0.2, -0.15) is 0 Å². The summed E-state index contributed by atoms with van der Waals surface area (Å²) in [5.41, 5.74) is 0. The van der Waals surface area contributed by atoms with Crippen molar-refractivity contribution in [3.05, 3.63) is 0 Å². The van der Waals surface area contributed by atoms with Crippen molar-refractivity contribution in [2.24, 2.45) is 0 Å². The smallest absolute Gasteiger partial charge is 0.317 e. The predicted molar refractivity (Wildman–Crippen MR) is 71.1 cm³/mol. The molecule has 2 amide bonds. The summed E-state index contributed by atoms with van der Waals surface area (Å²) in [5, 5.41) is 11.5. The molecule has 1 aliphatic heterocycles. The fraction of sp³-hybridized carbons (Fsp3) is 0.846. The van der Waals surface area contributed by atoms with E-state index in [1.165, 1.54) is 0 Å². The van der Waals surface area contributed by atoms with Crippen molar-refractivity contribution in [1.29, 1.82) is 0 Å². The van der Waals surface area contributed by atoms with Crippen LogP contribution in [0.15, 0.2) is 0 Å². The molecule has 0 aliphatic carbocycles. The summed E-state index contributed by atoms with van der Waals surface area (Å²) in [6.45, 7) is 5.61. The Bertz CT molecular complexity index is 301. The van der Waals surface area contributed by atoms with Crippen LogP contribution >= 0.6 is 0 Å². The van der Waals surface area contributed by atoms with Crippen molar-refractivity contribution in [2.75, 3.05) is 19.7 Å². The highest BCUT2D eigenvalue weighted by atomic mass is 16.5. The Labute approximate surface area is 114 Å². The average Bonchev–Trinajstić information content (AvgIpc) is 2.84. The molecule has 0 spiro atoms. The number of hydrogen-bond acceptors (Lipinski definition) is 3. The Morgan fingerprint density at radius 1 is 1.47 bits per heavy atom. The van der Waals surface area contributed by atoms with E-state index in [0.29, 0.717) is 19.5 Å². The molecular formula is C13H24N2O4. The Morgan fingerprint density at radius 3 is 2.74 bits per heavy atom. The zero-order valence-corrected chi connectivity index (χ0v) is 11.7. The fourth-order valence-corrected chi connectivity index (χ4v) is 2.10. The molecule has 110 valence electrons. The average molecular weight is 272 g/mol. The first-order valence-corrected chi connectivity index (χ1v) is 6.88. The molecule has 19 heavy (non-hydrogen) atoms. The number of rotatable bonds is 7. The van der Waals surface area contributed by atoms with Gasteiger partial charge in [0.25, 0.3) is 0 Å². The molecule has 0 bridgehead atoms. The maximum atomic E-state index is 12.0. The van der Waals surface area contributed by atoms with Gasteiger partial charge in [-0.25, -0.2) is 4.79 Å². The minimum atomic E-state index is -0.830. The third-order valence-electron chi connectivity index (χ3n) is 3.18. The topological polar surface area (TPSA) is 78.9 Å². The van der Waals surface area contributed by atoms with Crippen LogP contribution in [0.5, 0.6) is 0 Å². The number of ether oxygens (including phenoxy) is 1. The van der Waals surface area contributed by atoms with Gasteiger partial charge in [0.05, 0.1) is 6.10 Å². The van der Waals surface area contributed by atoms with Gasteiger partial charge in [0.15, 0.2) is 0 Å². The van der Waals surface area contributed by atoms with E-state index in [2.05, 4.69) is 5.32 Å². The lowest BCUT2D eigenvalue weighted by Crippen LogP contribution is -2.46. The highest BCUT2D eigenvalue weighted by Crippen LogP contribution is 2.11. The minimum Gasteiger partial charge on any atom is -0.481 e. The molecule has 1 heterocycles. The van der Waals surface area contributed by atoms with Crippen molar-refractivity contribution >= 4 is 12.0 Å². The van der Waals surface area contributed by atoms with Crippen LogP contribution < -0.4 is 5.32 Å². The molecule has 0 radical (unpaired) electrons. The van der Waals surface area contributed by atoms with Crippen molar-refractivity contribution in [3.63, 3.8) is 0 Å². The number of carboxylic acids is 1. The molecule has 0 saturated carbocycles. The first-order chi connectivity index (χ1) is 9.00. The van der Waals surface area contributed by atoms with Crippen LogP contribution in [0.2, 0.25) is 0 Å². The lowest BCUT2D eigenvalue weighted by molar-refractivity contribution is -0.137. The third-order valence-corrected chi connectivity index (χ3v) is 3.18. The van der Waals surface area contributed by atoms with E-state index in [1.54, 1.807) is 4.90 Å². The van der Waals surface area contributed by atoms with Gasteiger partial charge in [0.2, 0.25) is 0 Å². The van der Waals surface area contributed by atoms with E-state index in [1.807, 2.05) is 13.8 Å². The highest BCUT2D eigenvalue weighted by Gasteiger charge is 2.20. The van der Waals surface area contributed by atoms with Gasteiger partial charge in [0.1, 0.15) is 0 Å². The number of carboxylic acid groups (broad SMARTS) is 1. The second kappa shape index (κ2) is 7.99. The lowest BCUT2D eigenvalue weighted by Gasteiger charge is -2.27. The quantitative estimate of drug-likeness (QED) is 0.735. The Kier molecular flexibility index (Phi) is 6.62. The Balaban J connectivity index is 2.32. The third kappa shape index (κ3) is 5.92. The van der Waals surface area contributed by atoms with E-state index in [9.17, 15) is 9.59 Å². The first-order valence-electron chi connectivity index (χ1n) is 6.88. The van der Waals surface area contributed by atoms with Crippen molar-refractivity contribution < 1.29 is 19.4 Å². The molecule has 6 nitrogen and oxygen atoms in total. The number of urea groups is 1. The number of aliphatic carboxylic acids is 1. The zero-order valence-electron chi connectivity index (χ0n) is 11.7. The first kappa shape index (κ1) is 15.8. The van der Waals surface area contributed by atoms with Gasteiger partial charge in [-0.15, -0.1) is 0 Å². The Hall–Kier alpha value is -1.30. The maximum Gasteiger partial charge on any atom is 0.317 e. The molecule has 0 aromatic carbocycles. The largest absolute Gasteiger partial charge is 0.481 e. The summed E-state index contributed by atoms with van der Waals surface area (Å²) in [5.74, 6) is -0.830. The predicted octanol–water partition coefficient (Wildman–Crippen LogP) is 1.45. The molecule has 0 aromatic rings. The zero-order chi connectivity index (χ0) is 14.3. The number of nitrogens with zero attached hydrogens (tertiary/aromatic N) is 1. The summed E-state index contributed by atoms with van der Waals surface area (Å²) in [6, 6.07) is -0.0887. The van der Waals surface area contributed by atoms with Crippen molar-refractivity contribution in [1.82, 2.24) is 10.2 Å². The van der Waals surface area contributed by atoms with Crippen LogP contribution in [-0.2, 0) is 9.53 Å². The molecule has 2 N–H and O–H groups in total. The SMILES string of the molecule is CC(C)N(CCCC(=O)O)C(=O)NCC1CCCO1. The summed E-state index contributed by atoms with van der Waals surface area (Å²) in [4.78, 5) is 24.2. The summed E-state index contributed by atoms with van der Waals surface area (Å²) in [6.07, 6.45) is 2.72. The van der Waals surface area contributed by atoms with Crippen molar-refractivity contribution in [2.45, 2.75) is 51.7 Å². The summed E-state index contributed by atoms with van der Waals surface area (Å²) >= 11 is 0. The number of carbonyl (C=O) groups excluding carboxylic acids is 1. The molecule has 6 heteroatoms. The van der Waals surface area contributed by atoms with Gasteiger partial charge >= 0.3 is 12.0 Å². The number of amides is 2. The molecule has 1 unspecified atom stereocenters. The maximum absolute atomic E-state index is 12.0. The van der Waals surface area contributed by atoms with E-state index in [0.717, 1.165) is 19.4 Å². The normalized spacial score (nSPS) is 18.6. The van der Waals surface area contributed by atoms with Gasteiger partial charge in [-0.05, 0) is 33.1 Å². The van der Waals surface area contributed by atoms with Crippen LogP contribution in [-0.4, -0.2) is 53.8 Å². The Morgan fingerprint density at radius 2 is 2.21 bits per heavy atom. The molecule has 1 aliphatic rings. The number of hydrogen-bond donors (Lipinski definition) is 2. The minimum absolute atomic E-state index is 0.0540. The highest BCUT2D eigenvalue weighted by molar-refractivity contribution is 5.74. The van der Waals surface area contributed by atoms with Crippen LogP contribution in [0, 0.1) is 0 Å². The van der Waals surface area contributed by atoms with Gasteiger partial charge in [-0.3, -0.25) is 4.79 Å². The summed E-state index contributed by atoms with van der Waals surface area (Å²) in [7, 11) is 0. The number of carbonyl (C=O) groups is 2. The molecule has 1 rings (SSSR count). The second-order valence-corrected chi connectivity index (χ2v) is 5.11. The van der Waals surface area contributed by atoms with Gasteiger partial charge in [-0.1, -0.05) is 0 Å². The molecule has 0 aromatic heterocycles. The molecule has 1 atom stereocenters. The lowest BCUT2D eigenvalue weighted by atomic mass is 10.2. The fourth-order valence-electron chi connectivity index (χ4n) is 2.10. The van der Waals surface area contributed by atoms with Gasteiger partial charge in [0, 0.05) is 32.2 Å². The van der Waals surface area contributed by atoms with Crippen LogP contribution in [0.3, 0.4) is 0 Å². The van der Waals surface area contributed by atoms with E-state index in [4.69, 9.17) is 9.84 Å². The van der Waals surface area contributed by atoms with E-state index >= 15 is 0 Å².